The van der Waals surface area contributed by atoms with E-state index in [9.17, 15) is 22.4 Å². The van der Waals surface area contributed by atoms with Crippen molar-refractivity contribution >= 4 is 21.9 Å². The molecule has 1 aromatic carbocycles. The fourth-order valence-electron chi connectivity index (χ4n) is 0.774. The molecule has 0 radical (unpaired) electrons. The molecule has 0 saturated heterocycles. The number of aliphatic carboxylic acids is 1. The van der Waals surface area contributed by atoms with Crippen LogP contribution in [0.25, 0.3) is 0 Å². The number of carboxylic acid groups (broad SMARTS) is 1. The molecule has 0 heterocycles. The van der Waals surface area contributed by atoms with E-state index in [1.165, 1.54) is 0 Å². The molecule has 0 atom stereocenters. The number of carbonyl (C=O) groups is 1. The molecule has 0 aliphatic carbocycles. The van der Waals surface area contributed by atoms with E-state index in [2.05, 4.69) is 20.7 Å². The largest absolute Gasteiger partial charge is 0.502 e. The van der Waals surface area contributed by atoms with Crippen molar-refractivity contribution in [1.82, 2.24) is 0 Å². The number of halogens is 5. The van der Waals surface area contributed by atoms with Gasteiger partial charge < -0.3 is 9.84 Å². The van der Waals surface area contributed by atoms with Gasteiger partial charge in [-0.3, -0.25) is 0 Å². The maximum atomic E-state index is 13.0. The maximum Gasteiger partial charge on any atom is 0.502 e. The highest BCUT2D eigenvalue weighted by Crippen LogP contribution is 2.34. The normalized spacial score (nSPS) is 11.3. The van der Waals surface area contributed by atoms with Crippen LogP contribution in [0.1, 0.15) is 0 Å². The van der Waals surface area contributed by atoms with Crippen molar-refractivity contribution in [1.29, 1.82) is 0 Å². The lowest BCUT2D eigenvalue weighted by atomic mass is 10.3. The molecule has 88 valence electrons. The summed E-state index contributed by atoms with van der Waals surface area (Å²) in [5, 5.41) is 8.05. The Kier molecular flexibility index (Phi) is 3.41. The summed E-state index contributed by atoms with van der Waals surface area (Å²) in [5.74, 6) is -6.18. The van der Waals surface area contributed by atoms with Crippen molar-refractivity contribution in [3.63, 3.8) is 0 Å². The minimum Gasteiger partial charge on any atom is -0.474 e. The number of ether oxygens (including phenoxy) is 1. The molecule has 1 N–H and O–H groups in total. The molecule has 1 aromatic rings. The predicted molar refractivity (Wildman–Crippen MR) is 47.3 cm³/mol. The summed E-state index contributed by atoms with van der Waals surface area (Å²) >= 11 is 2.47. The molecule has 16 heavy (non-hydrogen) atoms. The summed E-state index contributed by atoms with van der Waals surface area (Å²) in [6, 6.07) is 1.21. The lowest BCUT2D eigenvalue weighted by Crippen LogP contribution is -2.35. The standard InChI is InChI=1S/C8H3BrF4O3/c9-5-3(10)1-2-4(11)6(5)16-8(12,13)7(14)15/h1-2H,(H,14,15). The van der Waals surface area contributed by atoms with E-state index in [0.29, 0.717) is 12.1 Å². The summed E-state index contributed by atoms with van der Waals surface area (Å²) in [5.41, 5.74) is 0. The Balaban J connectivity index is 3.15. The molecular weight excluding hydrogens is 300 g/mol. The van der Waals surface area contributed by atoms with Crippen LogP contribution in [0.4, 0.5) is 17.6 Å². The van der Waals surface area contributed by atoms with Gasteiger partial charge in [0.2, 0.25) is 0 Å². The van der Waals surface area contributed by atoms with Gasteiger partial charge >= 0.3 is 12.1 Å². The van der Waals surface area contributed by atoms with Gasteiger partial charge in [0.25, 0.3) is 0 Å². The van der Waals surface area contributed by atoms with Gasteiger partial charge in [-0.05, 0) is 28.1 Å². The zero-order valence-electron chi connectivity index (χ0n) is 7.31. The monoisotopic (exact) mass is 302 g/mol. The number of alkyl halides is 2. The number of rotatable bonds is 3. The Morgan fingerprint density at radius 3 is 2.31 bits per heavy atom. The van der Waals surface area contributed by atoms with Crippen LogP contribution in [0.5, 0.6) is 5.75 Å². The Bertz CT molecular complexity index is 436. The summed E-state index contributed by atoms with van der Waals surface area (Å²) in [6.45, 7) is 0. The average molecular weight is 303 g/mol. The van der Waals surface area contributed by atoms with Gasteiger partial charge in [-0.25, -0.2) is 13.6 Å². The fraction of sp³-hybridized carbons (Fsp3) is 0.125. The van der Waals surface area contributed by atoms with Crippen LogP contribution in [0.2, 0.25) is 0 Å². The van der Waals surface area contributed by atoms with Gasteiger partial charge in [0.1, 0.15) is 5.82 Å². The van der Waals surface area contributed by atoms with Gasteiger partial charge in [0.15, 0.2) is 11.6 Å². The number of hydrogen-bond acceptors (Lipinski definition) is 2. The van der Waals surface area contributed by atoms with E-state index in [1.807, 2.05) is 0 Å². The summed E-state index contributed by atoms with van der Waals surface area (Å²) in [6.07, 6.45) is -4.64. The zero-order chi connectivity index (χ0) is 12.5. The maximum absolute atomic E-state index is 13.0. The van der Waals surface area contributed by atoms with E-state index >= 15 is 0 Å². The third-order valence-corrected chi connectivity index (χ3v) is 2.22. The quantitative estimate of drug-likeness (QED) is 0.690. The number of hydrogen-bond donors (Lipinski definition) is 1. The van der Waals surface area contributed by atoms with Gasteiger partial charge in [-0.2, -0.15) is 8.78 Å². The second-order valence-electron chi connectivity index (χ2n) is 2.60. The van der Waals surface area contributed by atoms with Crippen molar-refractivity contribution < 1.29 is 32.2 Å². The fourth-order valence-corrected chi connectivity index (χ4v) is 1.18. The third-order valence-electron chi connectivity index (χ3n) is 1.48. The van der Waals surface area contributed by atoms with Crippen molar-refractivity contribution in [2.24, 2.45) is 0 Å². The van der Waals surface area contributed by atoms with Gasteiger partial charge in [0, 0.05) is 0 Å². The topological polar surface area (TPSA) is 46.5 Å². The summed E-state index contributed by atoms with van der Waals surface area (Å²) in [7, 11) is 0. The molecule has 0 spiro atoms. The van der Waals surface area contributed by atoms with Crippen LogP contribution in [0.15, 0.2) is 16.6 Å². The first kappa shape index (κ1) is 12.8. The second-order valence-corrected chi connectivity index (χ2v) is 3.39. The van der Waals surface area contributed by atoms with E-state index in [-0.39, 0.29) is 0 Å². The molecule has 0 amide bonds. The first-order valence-corrected chi connectivity index (χ1v) is 4.48. The van der Waals surface area contributed by atoms with Crippen molar-refractivity contribution in [2.75, 3.05) is 0 Å². The second kappa shape index (κ2) is 4.28. The van der Waals surface area contributed by atoms with Gasteiger partial charge in [-0.15, -0.1) is 0 Å². The molecule has 0 aliphatic heterocycles. The molecule has 0 aliphatic rings. The molecule has 0 bridgehead atoms. The SMILES string of the molecule is O=C(O)C(F)(F)Oc1c(F)ccc(F)c1Br. The third kappa shape index (κ3) is 2.43. The van der Waals surface area contributed by atoms with Crippen molar-refractivity contribution in [3.8, 4) is 5.75 Å². The Morgan fingerprint density at radius 1 is 1.31 bits per heavy atom. The minimum absolute atomic E-state index is 0.535. The molecule has 0 fully saturated rings. The number of carboxylic acids is 1. The molecule has 1 rings (SSSR count). The molecule has 8 heteroatoms. The molecule has 0 saturated carbocycles. The van der Waals surface area contributed by atoms with E-state index in [4.69, 9.17) is 5.11 Å². The highest BCUT2D eigenvalue weighted by Gasteiger charge is 2.43. The van der Waals surface area contributed by atoms with Crippen molar-refractivity contribution in [3.05, 3.63) is 28.2 Å². The predicted octanol–water partition coefficient (Wildman–Crippen LogP) is 2.78. The van der Waals surface area contributed by atoms with E-state index in [1.54, 1.807) is 0 Å². The summed E-state index contributed by atoms with van der Waals surface area (Å²) < 4.78 is 53.9. The first-order valence-electron chi connectivity index (χ1n) is 3.69. The van der Waals surface area contributed by atoms with Gasteiger partial charge in [0.05, 0.1) is 4.47 Å². The smallest absolute Gasteiger partial charge is 0.474 e. The highest BCUT2D eigenvalue weighted by molar-refractivity contribution is 9.10. The molecule has 0 aromatic heterocycles. The molecule has 3 nitrogen and oxygen atoms in total. The van der Waals surface area contributed by atoms with E-state index < -0.39 is 33.9 Å². The van der Waals surface area contributed by atoms with Crippen LogP contribution in [0.3, 0.4) is 0 Å². The zero-order valence-corrected chi connectivity index (χ0v) is 8.89. The van der Waals surface area contributed by atoms with Gasteiger partial charge in [-0.1, -0.05) is 0 Å². The summed E-state index contributed by atoms with van der Waals surface area (Å²) in [4.78, 5) is 10.0. The van der Waals surface area contributed by atoms with E-state index in [0.717, 1.165) is 0 Å². The lowest BCUT2D eigenvalue weighted by molar-refractivity contribution is -0.211. The Labute approximate surface area is 94.8 Å². The van der Waals surface area contributed by atoms with Crippen LogP contribution in [0, 0.1) is 11.6 Å². The minimum atomic E-state index is -4.64. The van der Waals surface area contributed by atoms with Crippen LogP contribution < -0.4 is 4.74 Å². The van der Waals surface area contributed by atoms with Crippen molar-refractivity contribution in [2.45, 2.75) is 6.11 Å². The Hall–Kier alpha value is -1.31. The average Bonchev–Trinajstić information content (AvgIpc) is 2.18. The lowest BCUT2D eigenvalue weighted by Gasteiger charge is -2.15. The first-order chi connectivity index (χ1) is 7.25. The van der Waals surface area contributed by atoms with Crippen LogP contribution in [-0.2, 0) is 4.79 Å². The molecule has 0 unspecified atom stereocenters. The number of benzene rings is 1. The van der Waals surface area contributed by atoms with Crippen LogP contribution in [-0.4, -0.2) is 17.2 Å². The van der Waals surface area contributed by atoms with Crippen LogP contribution >= 0.6 is 15.9 Å². The highest BCUT2D eigenvalue weighted by atomic mass is 79.9. The Morgan fingerprint density at radius 2 is 1.81 bits per heavy atom. The molecular formula is C8H3BrF4O3.